The molecule has 2 aromatic heterocycles. The molecular weight excluding hydrogens is 474 g/mol. The zero-order valence-corrected chi connectivity index (χ0v) is 20.8. The zero-order chi connectivity index (χ0) is 25.5. The van der Waals surface area contributed by atoms with Gasteiger partial charge in [0.2, 0.25) is 5.91 Å². The molecule has 2 aliphatic carbocycles. The fourth-order valence-electron chi connectivity index (χ4n) is 6.40. The van der Waals surface area contributed by atoms with Crippen LogP contribution in [-0.2, 0) is 17.8 Å². The highest BCUT2D eigenvalue weighted by atomic mass is 19.2. The summed E-state index contributed by atoms with van der Waals surface area (Å²) in [5.74, 6) is 1.27. The standard InChI is InChI=1S/C29H32F2N4O2/c30-24-8-7-20(14-25(24)31)26-16-35(11-1-2-17-12-21(36)13-17)29(33-26)19-5-3-18(4-6-19)22-9-10-32-28-23(22)15-27(37)34-28/h7-10,14,16-19,21,36H,1-6,11-13,15H2,(H,32,34,37). The summed E-state index contributed by atoms with van der Waals surface area (Å²) in [5.41, 5.74) is 3.53. The number of anilines is 1. The van der Waals surface area contributed by atoms with Gasteiger partial charge in [-0.15, -0.1) is 0 Å². The van der Waals surface area contributed by atoms with Crippen LogP contribution in [0, 0.1) is 17.6 Å². The van der Waals surface area contributed by atoms with E-state index in [1.54, 1.807) is 12.3 Å². The molecule has 3 heterocycles. The van der Waals surface area contributed by atoms with Crippen LogP contribution in [0.1, 0.15) is 80.2 Å². The second-order valence-electron chi connectivity index (χ2n) is 10.9. The van der Waals surface area contributed by atoms with E-state index in [0.29, 0.717) is 35.3 Å². The highest BCUT2D eigenvalue weighted by Crippen LogP contribution is 2.43. The molecule has 6 rings (SSSR count). The van der Waals surface area contributed by atoms with Crippen LogP contribution in [0.5, 0.6) is 0 Å². The van der Waals surface area contributed by atoms with Gasteiger partial charge >= 0.3 is 0 Å². The van der Waals surface area contributed by atoms with Crippen LogP contribution < -0.4 is 5.32 Å². The summed E-state index contributed by atoms with van der Waals surface area (Å²) in [6.07, 6.45) is 11.8. The monoisotopic (exact) mass is 506 g/mol. The van der Waals surface area contributed by atoms with Gasteiger partial charge in [-0.25, -0.2) is 18.7 Å². The number of hydrogen-bond donors (Lipinski definition) is 2. The van der Waals surface area contributed by atoms with Crippen LogP contribution in [0.4, 0.5) is 14.6 Å². The molecule has 1 aromatic carbocycles. The summed E-state index contributed by atoms with van der Waals surface area (Å²) in [6.45, 7) is 0.824. The summed E-state index contributed by atoms with van der Waals surface area (Å²) in [7, 11) is 0. The van der Waals surface area contributed by atoms with E-state index >= 15 is 0 Å². The third-order valence-corrected chi connectivity index (χ3v) is 8.46. The minimum Gasteiger partial charge on any atom is -0.393 e. The molecule has 0 spiro atoms. The summed E-state index contributed by atoms with van der Waals surface area (Å²) in [4.78, 5) is 21.2. The van der Waals surface area contributed by atoms with Gasteiger partial charge in [-0.05, 0) is 93.0 Å². The second-order valence-corrected chi connectivity index (χ2v) is 10.9. The number of hydrogen-bond acceptors (Lipinski definition) is 4. The number of imidazole rings is 1. The van der Waals surface area contributed by atoms with Gasteiger partial charge in [0.15, 0.2) is 11.6 Å². The van der Waals surface area contributed by atoms with Crippen LogP contribution >= 0.6 is 0 Å². The molecule has 3 aliphatic rings. The molecule has 2 saturated carbocycles. The Hall–Kier alpha value is -3.13. The number of aliphatic hydroxyl groups is 1. The number of carbonyl (C=O) groups excluding carboxylic acids is 1. The molecule has 0 radical (unpaired) electrons. The number of halogens is 2. The van der Waals surface area contributed by atoms with Crippen LogP contribution in [0.25, 0.3) is 11.3 Å². The van der Waals surface area contributed by atoms with Gasteiger partial charge in [-0.2, -0.15) is 0 Å². The van der Waals surface area contributed by atoms with Crippen LogP contribution in [0.3, 0.4) is 0 Å². The Morgan fingerprint density at radius 3 is 2.59 bits per heavy atom. The highest BCUT2D eigenvalue weighted by molar-refractivity contribution is 5.98. The van der Waals surface area contributed by atoms with Gasteiger partial charge in [-0.1, -0.05) is 0 Å². The lowest BCUT2D eigenvalue weighted by Crippen LogP contribution is -2.28. The van der Waals surface area contributed by atoms with Crippen molar-refractivity contribution < 1.29 is 18.7 Å². The molecule has 194 valence electrons. The average molecular weight is 507 g/mol. The lowest BCUT2D eigenvalue weighted by atomic mass is 9.77. The third-order valence-electron chi connectivity index (χ3n) is 8.46. The molecule has 1 aliphatic heterocycles. The van der Waals surface area contributed by atoms with Crippen molar-refractivity contribution in [1.82, 2.24) is 14.5 Å². The van der Waals surface area contributed by atoms with E-state index in [1.807, 2.05) is 6.20 Å². The van der Waals surface area contributed by atoms with Gasteiger partial charge < -0.3 is 15.0 Å². The molecule has 37 heavy (non-hydrogen) atoms. The SMILES string of the molecule is O=C1Cc2c(C3CCC(c4nc(-c5ccc(F)c(F)c5)cn4CCCC4CC(O)C4)CC3)ccnc2N1. The van der Waals surface area contributed by atoms with Gasteiger partial charge in [0.1, 0.15) is 11.6 Å². The van der Waals surface area contributed by atoms with E-state index in [0.717, 1.165) is 75.4 Å². The van der Waals surface area contributed by atoms with E-state index in [4.69, 9.17) is 4.98 Å². The number of aromatic nitrogens is 3. The number of fused-ring (bicyclic) bond motifs is 1. The quantitative estimate of drug-likeness (QED) is 0.430. The maximum Gasteiger partial charge on any atom is 0.230 e. The Kier molecular flexibility index (Phi) is 6.53. The number of pyridine rings is 1. The first-order valence-corrected chi connectivity index (χ1v) is 13.4. The van der Waals surface area contributed by atoms with Gasteiger partial charge in [0.25, 0.3) is 0 Å². The fraction of sp³-hybridized carbons (Fsp3) is 0.483. The summed E-state index contributed by atoms with van der Waals surface area (Å²) in [6, 6.07) is 6.02. The molecule has 0 atom stereocenters. The van der Waals surface area contributed by atoms with E-state index in [-0.39, 0.29) is 17.9 Å². The molecule has 2 fully saturated rings. The number of amides is 1. The number of rotatable bonds is 7. The van der Waals surface area contributed by atoms with E-state index < -0.39 is 11.6 Å². The van der Waals surface area contributed by atoms with Gasteiger partial charge in [0, 0.05) is 36.0 Å². The maximum atomic E-state index is 14.0. The largest absolute Gasteiger partial charge is 0.393 e. The Bertz CT molecular complexity index is 1310. The Morgan fingerprint density at radius 2 is 1.84 bits per heavy atom. The summed E-state index contributed by atoms with van der Waals surface area (Å²) >= 11 is 0. The Balaban J connectivity index is 1.20. The molecule has 0 bridgehead atoms. The van der Waals surface area contributed by atoms with Crippen LogP contribution in [0.2, 0.25) is 0 Å². The Morgan fingerprint density at radius 1 is 1.05 bits per heavy atom. The summed E-state index contributed by atoms with van der Waals surface area (Å²) in [5, 5.41) is 12.4. The number of benzene rings is 1. The topological polar surface area (TPSA) is 80.0 Å². The molecule has 6 nitrogen and oxygen atoms in total. The fourth-order valence-corrected chi connectivity index (χ4v) is 6.40. The molecule has 0 unspecified atom stereocenters. The lowest BCUT2D eigenvalue weighted by Gasteiger charge is -2.31. The number of aliphatic hydroxyl groups excluding tert-OH is 1. The highest BCUT2D eigenvalue weighted by Gasteiger charge is 2.31. The van der Waals surface area contributed by atoms with E-state index in [9.17, 15) is 18.7 Å². The lowest BCUT2D eigenvalue weighted by molar-refractivity contribution is -0.115. The first-order chi connectivity index (χ1) is 17.9. The van der Waals surface area contributed by atoms with Crippen molar-refractivity contribution in [1.29, 1.82) is 0 Å². The van der Waals surface area contributed by atoms with E-state index in [1.165, 1.54) is 11.6 Å². The number of aryl methyl sites for hydroxylation is 1. The van der Waals surface area contributed by atoms with Crippen LogP contribution in [-0.4, -0.2) is 31.7 Å². The van der Waals surface area contributed by atoms with Gasteiger partial charge in [-0.3, -0.25) is 4.79 Å². The van der Waals surface area contributed by atoms with E-state index in [2.05, 4.69) is 20.9 Å². The molecule has 0 saturated heterocycles. The van der Waals surface area contributed by atoms with Crippen molar-refractivity contribution in [3.8, 4) is 11.3 Å². The maximum absolute atomic E-state index is 14.0. The average Bonchev–Trinajstić information content (AvgIpc) is 3.47. The molecule has 1 amide bonds. The van der Waals surface area contributed by atoms with Crippen molar-refractivity contribution in [2.45, 2.75) is 82.3 Å². The van der Waals surface area contributed by atoms with Gasteiger partial charge in [0.05, 0.1) is 18.2 Å². The van der Waals surface area contributed by atoms with Crippen molar-refractivity contribution in [3.05, 3.63) is 65.2 Å². The minimum absolute atomic E-state index is 0.00633. The third kappa shape index (κ3) is 4.91. The van der Waals surface area contributed by atoms with Crippen molar-refractivity contribution in [3.63, 3.8) is 0 Å². The van der Waals surface area contributed by atoms with Crippen molar-refractivity contribution >= 4 is 11.7 Å². The predicted octanol–water partition coefficient (Wildman–Crippen LogP) is 5.71. The normalized spacial score (nSPS) is 25.0. The molecule has 3 aromatic rings. The smallest absolute Gasteiger partial charge is 0.230 e. The zero-order valence-electron chi connectivity index (χ0n) is 20.8. The summed E-state index contributed by atoms with van der Waals surface area (Å²) < 4.78 is 29.7. The Labute approximate surface area is 215 Å². The van der Waals surface area contributed by atoms with Crippen molar-refractivity contribution in [2.24, 2.45) is 5.92 Å². The molecule has 2 N–H and O–H groups in total. The first kappa shape index (κ1) is 24.2. The molecule has 8 heteroatoms. The van der Waals surface area contributed by atoms with Crippen LogP contribution in [0.15, 0.2) is 36.7 Å². The minimum atomic E-state index is -0.865. The number of nitrogens with one attached hydrogen (secondary N) is 1. The first-order valence-electron chi connectivity index (χ1n) is 13.4. The second kappa shape index (κ2) is 9.97. The van der Waals surface area contributed by atoms with Crippen molar-refractivity contribution in [2.75, 3.05) is 5.32 Å². The number of nitrogens with zero attached hydrogens (tertiary/aromatic N) is 3. The predicted molar refractivity (Wildman–Crippen MR) is 136 cm³/mol. The number of carbonyl (C=O) groups is 1. The molecular formula is C29H32F2N4O2.